The molecule has 41 heavy (non-hydrogen) atoms. The minimum Gasteiger partial charge on any atom is -0.454 e. The molecule has 4 aliphatic rings. The van der Waals surface area contributed by atoms with Gasteiger partial charge in [0, 0.05) is 22.0 Å². The Kier molecular flexibility index (Phi) is 7.24. The largest absolute Gasteiger partial charge is 0.454 e. The Morgan fingerprint density at radius 1 is 0.902 bits per heavy atom. The van der Waals surface area contributed by atoms with Crippen LogP contribution in [-0.4, -0.2) is 41.2 Å². The standard InChI is InChI=1S/C32H28BrClN2O5/c1-16(2)13-24(32(40)41-15-25(37)35-17-11-12-22(33)23(34)14-17)36-30(38)28-26-18-7-3-4-8-19(18)27(29(28)31(36)39)21-10-6-5-9-20(21)26/h3-12,14,16,24,26-29H,13,15H2,1-2H3,(H,35,37)/t24-,26?,27?,28-,29-/m1/s1. The van der Waals surface area contributed by atoms with E-state index in [1.165, 1.54) is 0 Å². The molecule has 1 saturated heterocycles. The van der Waals surface area contributed by atoms with E-state index in [9.17, 15) is 19.2 Å². The van der Waals surface area contributed by atoms with E-state index in [0.29, 0.717) is 15.2 Å². The van der Waals surface area contributed by atoms with E-state index in [0.717, 1.165) is 27.2 Å². The SMILES string of the molecule is CC(C)C[C@H](C(=O)OCC(=O)Nc1ccc(Br)c(Cl)c1)N1C(=O)[C@@H]2C3c4ccccc4C(c4ccccc43)[C@H]2C1=O. The molecule has 3 aromatic carbocycles. The zero-order valence-corrected chi connectivity index (χ0v) is 24.8. The van der Waals surface area contributed by atoms with Crippen molar-refractivity contribution in [1.29, 1.82) is 0 Å². The molecule has 3 atom stereocenters. The number of halogens is 2. The number of ether oxygens (including phenoxy) is 1. The van der Waals surface area contributed by atoms with Gasteiger partial charge in [-0.15, -0.1) is 0 Å². The molecule has 1 fully saturated rings. The molecular formula is C32H28BrClN2O5. The lowest BCUT2D eigenvalue weighted by atomic mass is 9.55. The van der Waals surface area contributed by atoms with Crippen LogP contribution in [0.25, 0.3) is 0 Å². The van der Waals surface area contributed by atoms with Crippen LogP contribution >= 0.6 is 27.5 Å². The average molecular weight is 636 g/mol. The van der Waals surface area contributed by atoms with Crippen LogP contribution in [0.2, 0.25) is 5.02 Å². The molecule has 0 aromatic heterocycles. The van der Waals surface area contributed by atoms with Crippen LogP contribution in [0, 0.1) is 17.8 Å². The molecule has 3 aliphatic carbocycles. The number of hydrogen-bond acceptors (Lipinski definition) is 5. The maximum Gasteiger partial charge on any atom is 0.329 e. The normalized spacial score (nSPS) is 22.7. The number of imide groups is 1. The molecule has 9 heteroatoms. The molecule has 3 aromatic rings. The molecule has 0 radical (unpaired) electrons. The van der Waals surface area contributed by atoms with Crippen molar-refractivity contribution in [2.24, 2.45) is 17.8 Å². The van der Waals surface area contributed by atoms with Crippen LogP contribution in [0.15, 0.2) is 71.2 Å². The zero-order valence-electron chi connectivity index (χ0n) is 22.5. The highest BCUT2D eigenvalue weighted by atomic mass is 79.9. The third-order valence-corrected chi connectivity index (χ3v) is 9.54. The van der Waals surface area contributed by atoms with E-state index in [2.05, 4.69) is 21.2 Å². The summed E-state index contributed by atoms with van der Waals surface area (Å²) in [4.78, 5) is 55.4. The van der Waals surface area contributed by atoms with Gasteiger partial charge in [0.25, 0.3) is 5.91 Å². The first kappa shape index (κ1) is 27.7. The molecule has 1 aliphatic heterocycles. The Bertz CT molecular complexity index is 1470. The van der Waals surface area contributed by atoms with Crippen molar-refractivity contribution in [3.8, 4) is 0 Å². The number of nitrogens with one attached hydrogen (secondary N) is 1. The van der Waals surface area contributed by atoms with Crippen LogP contribution < -0.4 is 5.32 Å². The second-order valence-electron chi connectivity index (χ2n) is 11.2. The number of likely N-dealkylation sites (tertiary alicyclic amines) is 1. The predicted octanol–water partition coefficient (Wildman–Crippen LogP) is 5.89. The maximum absolute atomic E-state index is 14.1. The van der Waals surface area contributed by atoms with Crippen LogP contribution in [0.5, 0.6) is 0 Å². The van der Waals surface area contributed by atoms with Crippen LogP contribution in [0.3, 0.4) is 0 Å². The van der Waals surface area contributed by atoms with Crippen LogP contribution in [0.1, 0.15) is 54.4 Å². The molecule has 7 rings (SSSR count). The number of carbonyl (C=O) groups is 4. The van der Waals surface area contributed by atoms with Gasteiger partial charge < -0.3 is 10.1 Å². The molecular weight excluding hydrogens is 608 g/mol. The minimum atomic E-state index is -1.12. The highest BCUT2D eigenvalue weighted by Gasteiger charge is 2.63. The summed E-state index contributed by atoms with van der Waals surface area (Å²) < 4.78 is 6.09. The Hall–Kier alpha value is -3.49. The Labute approximate surface area is 251 Å². The van der Waals surface area contributed by atoms with E-state index in [4.69, 9.17) is 16.3 Å². The summed E-state index contributed by atoms with van der Waals surface area (Å²) in [5.74, 6) is -3.76. The number of anilines is 1. The summed E-state index contributed by atoms with van der Waals surface area (Å²) in [5.41, 5.74) is 4.70. The quantitative estimate of drug-likeness (QED) is 0.258. The molecule has 210 valence electrons. The van der Waals surface area contributed by atoms with Gasteiger partial charge >= 0.3 is 5.97 Å². The Balaban J connectivity index is 1.26. The Morgan fingerprint density at radius 2 is 1.41 bits per heavy atom. The van der Waals surface area contributed by atoms with E-state index in [1.807, 2.05) is 62.4 Å². The number of benzene rings is 3. The fraction of sp³-hybridized carbons (Fsp3) is 0.312. The molecule has 0 unspecified atom stereocenters. The van der Waals surface area contributed by atoms with Gasteiger partial charge in [0.05, 0.1) is 16.9 Å². The summed E-state index contributed by atoms with van der Waals surface area (Å²) in [7, 11) is 0. The van der Waals surface area contributed by atoms with Gasteiger partial charge in [-0.3, -0.25) is 19.3 Å². The van der Waals surface area contributed by atoms with Crippen molar-refractivity contribution in [3.05, 3.63) is 98.5 Å². The predicted molar refractivity (Wildman–Crippen MR) is 157 cm³/mol. The first-order valence-corrected chi connectivity index (χ1v) is 14.8. The molecule has 7 nitrogen and oxygen atoms in total. The molecule has 2 bridgehead atoms. The first-order valence-electron chi connectivity index (χ1n) is 13.6. The fourth-order valence-electron chi connectivity index (χ4n) is 6.76. The molecule has 3 amide bonds. The minimum absolute atomic E-state index is 0.0133. The Morgan fingerprint density at radius 3 is 1.88 bits per heavy atom. The third kappa shape index (κ3) is 4.67. The number of rotatable bonds is 7. The van der Waals surface area contributed by atoms with Gasteiger partial charge in [0.1, 0.15) is 6.04 Å². The fourth-order valence-corrected chi connectivity index (χ4v) is 7.19. The highest BCUT2D eigenvalue weighted by Crippen LogP contribution is 2.61. The molecule has 0 saturated carbocycles. The van der Waals surface area contributed by atoms with Crippen molar-refractivity contribution in [2.45, 2.75) is 38.1 Å². The average Bonchev–Trinajstić information content (AvgIpc) is 3.22. The summed E-state index contributed by atoms with van der Waals surface area (Å²) in [6.07, 6.45) is 0.231. The third-order valence-electron chi connectivity index (χ3n) is 8.31. The van der Waals surface area contributed by atoms with Gasteiger partial charge in [-0.1, -0.05) is 74.0 Å². The van der Waals surface area contributed by atoms with Crippen LogP contribution in [-0.2, 0) is 23.9 Å². The number of amides is 3. The lowest BCUT2D eigenvalue weighted by Crippen LogP contribution is -2.47. The summed E-state index contributed by atoms with van der Waals surface area (Å²) in [6, 6.07) is 19.8. The van der Waals surface area contributed by atoms with E-state index < -0.39 is 36.4 Å². The van der Waals surface area contributed by atoms with Gasteiger partial charge in [-0.2, -0.15) is 0 Å². The van der Waals surface area contributed by atoms with Gasteiger partial charge in [-0.05, 0) is 68.7 Å². The number of esters is 1. The lowest BCUT2D eigenvalue weighted by Gasteiger charge is -2.45. The smallest absolute Gasteiger partial charge is 0.329 e. The topological polar surface area (TPSA) is 92.8 Å². The van der Waals surface area contributed by atoms with E-state index >= 15 is 0 Å². The van der Waals surface area contributed by atoms with Crippen molar-refractivity contribution in [3.63, 3.8) is 0 Å². The highest BCUT2D eigenvalue weighted by molar-refractivity contribution is 9.10. The first-order chi connectivity index (χ1) is 19.7. The number of carbonyl (C=O) groups excluding carboxylic acids is 4. The number of hydrogen-bond donors (Lipinski definition) is 1. The monoisotopic (exact) mass is 634 g/mol. The number of nitrogens with zero attached hydrogens (tertiary/aromatic N) is 1. The molecule has 1 heterocycles. The van der Waals surface area contributed by atoms with Gasteiger partial charge in [-0.25, -0.2) is 4.79 Å². The summed E-state index contributed by atoms with van der Waals surface area (Å²) in [6.45, 7) is 3.27. The zero-order chi connectivity index (χ0) is 29.0. The van der Waals surface area contributed by atoms with Gasteiger partial charge in [0.2, 0.25) is 11.8 Å². The second-order valence-corrected chi connectivity index (χ2v) is 12.5. The van der Waals surface area contributed by atoms with Gasteiger partial charge in [0.15, 0.2) is 6.61 Å². The van der Waals surface area contributed by atoms with E-state index in [-0.39, 0.29) is 36.0 Å². The van der Waals surface area contributed by atoms with Crippen molar-refractivity contribution < 1.29 is 23.9 Å². The van der Waals surface area contributed by atoms with Crippen molar-refractivity contribution in [2.75, 3.05) is 11.9 Å². The summed E-state index contributed by atoms with van der Waals surface area (Å²) >= 11 is 9.40. The molecule has 1 N–H and O–H groups in total. The molecule has 0 spiro atoms. The summed E-state index contributed by atoms with van der Waals surface area (Å²) in [5, 5.41) is 3.06. The lowest BCUT2D eigenvalue weighted by molar-refractivity contribution is -0.160. The second kappa shape index (κ2) is 10.7. The van der Waals surface area contributed by atoms with Crippen LogP contribution in [0.4, 0.5) is 5.69 Å². The van der Waals surface area contributed by atoms with Crippen molar-refractivity contribution in [1.82, 2.24) is 4.90 Å². The maximum atomic E-state index is 14.1. The van der Waals surface area contributed by atoms with E-state index in [1.54, 1.807) is 18.2 Å². The van der Waals surface area contributed by atoms with Crippen molar-refractivity contribution >= 4 is 56.9 Å².